The lowest BCUT2D eigenvalue weighted by Gasteiger charge is -2.38. The molecular weight excluding hydrogens is 840 g/mol. The second-order valence-electron chi connectivity index (χ2n) is 16.2. The number of halogens is 3. The van der Waals surface area contributed by atoms with Crippen LogP contribution in [0.5, 0.6) is 17.2 Å². The van der Waals surface area contributed by atoms with E-state index in [4.69, 9.17) is 37.4 Å². The number of methoxy groups -OCH3 is 2. The standard InChI is InChI=1S/C45H46Cl2FN7O7/c1-60-38-21-36(32(46)19-33(38)47)51-42-27(22-49)23-50-35-20-40(39(61-2)18-31(35)42)62-15-3-10-53-11-6-25(7-12-53)24-54-13-8-26(9-14-54)28-16-29-30(17-34(28)48)45(59)55(44(29)58)37-4-5-41(56)52-43(37)57/h16-21,23,25-26,37H,3-15,24H2,1-2H3,(H,50,51)(H,52,56,57). The molecule has 0 bridgehead atoms. The van der Waals surface area contributed by atoms with Crippen molar-refractivity contribution >= 4 is 69.1 Å². The summed E-state index contributed by atoms with van der Waals surface area (Å²) in [6.45, 7) is 5.96. The van der Waals surface area contributed by atoms with E-state index in [1.807, 2.05) is 6.07 Å². The Morgan fingerprint density at radius 2 is 1.58 bits per heavy atom. The van der Waals surface area contributed by atoms with Crippen molar-refractivity contribution in [3.63, 3.8) is 0 Å². The molecule has 17 heteroatoms. The van der Waals surface area contributed by atoms with Gasteiger partial charge < -0.3 is 29.3 Å². The lowest BCUT2D eigenvalue weighted by atomic mass is 9.86. The molecular formula is C45H46Cl2FN7O7. The summed E-state index contributed by atoms with van der Waals surface area (Å²) in [6.07, 6.45) is 6.03. The largest absolute Gasteiger partial charge is 0.495 e. The number of pyridine rings is 1. The van der Waals surface area contributed by atoms with E-state index in [9.17, 15) is 24.4 Å². The quantitative estimate of drug-likeness (QED) is 0.104. The van der Waals surface area contributed by atoms with Crippen LogP contribution in [0, 0.1) is 23.1 Å². The molecule has 4 aliphatic rings. The Hall–Kier alpha value is -5.53. The molecule has 1 unspecified atom stereocenters. The average Bonchev–Trinajstić information content (AvgIpc) is 3.50. The number of fused-ring (bicyclic) bond motifs is 2. The van der Waals surface area contributed by atoms with Crippen molar-refractivity contribution in [2.45, 2.75) is 56.9 Å². The van der Waals surface area contributed by atoms with Crippen LogP contribution < -0.4 is 24.8 Å². The van der Waals surface area contributed by atoms with Crippen molar-refractivity contribution in [3.8, 4) is 23.3 Å². The molecule has 14 nitrogen and oxygen atoms in total. The SMILES string of the molecule is COc1cc(Nc2c(C#N)cnc3cc(OCCCN4CCC(CN5CCC(c6cc7c(cc6F)C(=O)N(C6CCC(=O)NC6=O)C7=O)CC5)CC4)c(OC)cc23)c(Cl)cc1Cl. The van der Waals surface area contributed by atoms with Gasteiger partial charge in [0, 0.05) is 43.2 Å². The number of anilines is 2. The van der Waals surface area contributed by atoms with E-state index in [1.165, 1.54) is 19.4 Å². The molecule has 3 fully saturated rings. The molecule has 8 rings (SSSR count). The second kappa shape index (κ2) is 18.4. The molecule has 3 saturated heterocycles. The van der Waals surface area contributed by atoms with Crippen LogP contribution in [0.2, 0.25) is 10.0 Å². The first-order chi connectivity index (χ1) is 30.0. The fourth-order valence-corrected chi connectivity index (χ4v) is 9.59. The highest BCUT2D eigenvalue weighted by molar-refractivity contribution is 6.37. The van der Waals surface area contributed by atoms with Crippen molar-refractivity contribution in [2.75, 3.05) is 65.4 Å². The molecule has 4 aromatic rings. The fourth-order valence-electron chi connectivity index (χ4n) is 9.08. The number of piperidine rings is 3. The fraction of sp³-hybridized carbons (Fsp3) is 0.422. The minimum Gasteiger partial charge on any atom is -0.495 e. The van der Waals surface area contributed by atoms with E-state index in [2.05, 4.69) is 31.5 Å². The molecule has 1 atom stereocenters. The van der Waals surface area contributed by atoms with Gasteiger partial charge in [-0.25, -0.2) is 4.39 Å². The van der Waals surface area contributed by atoms with E-state index in [0.29, 0.717) is 73.2 Å². The summed E-state index contributed by atoms with van der Waals surface area (Å²) in [5.41, 5.74) is 2.45. The summed E-state index contributed by atoms with van der Waals surface area (Å²) in [7, 11) is 3.08. The number of benzene rings is 3. The highest BCUT2D eigenvalue weighted by atomic mass is 35.5. The molecule has 3 aromatic carbocycles. The van der Waals surface area contributed by atoms with Crippen LogP contribution in [0.15, 0.2) is 42.6 Å². The minimum absolute atomic E-state index is 0.0233. The Morgan fingerprint density at radius 1 is 0.871 bits per heavy atom. The van der Waals surface area contributed by atoms with Gasteiger partial charge >= 0.3 is 0 Å². The molecule has 0 spiro atoms. The third-order valence-electron chi connectivity index (χ3n) is 12.5. The van der Waals surface area contributed by atoms with Gasteiger partial charge in [-0.15, -0.1) is 0 Å². The maximum atomic E-state index is 15.5. The summed E-state index contributed by atoms with van der Waals surface area (Å²) < 4.78 is 32.8. The molecule has 2 N–H and O–H groups in total. The molecule has 4 amide bonds. The van der Waals surface area contributed by atoms with Crippen LogP contribution in [-0.4, -0.2) is 109 Å². The van der Waals surface area contributed by atoms with Crippen molar-refractivity contribution in [2.24, 2.45) is 5.92 Å². The molecule has 0 saturated carbocycles. The Kier molecular flexibility index (Phi) is 12.8. The number of likely N-dealkylation sites (tertiary alicyclic amines) is 2. The summed E-state index contributed by atoms with van der Waals surface area (Å²) in [6, 6.07) is 10.6. The minimum atomic E-state index is -1.09. The van der Waals surface area contributed by atoms with Crippen LogP contribution in [0.25, 0.3) is 10.9 Å². The van der Waals surface area contributed by atoms with E-state index in [-0.39, 0.29) is 29.9 Å². The number of rotatable bonds is 13. The Labute approximate surface area is 368 Å². The summed E-state index contributed by atoms with van der Waals surface area (Å²) >= 11 is 12.7. The zero-order chi connectivity index (χ0) is 43.7. The zero-order valence-electron chi connectivity index (χ0n) is 34.4. The Bertz CT molecular complexity index is 2480. The van der Waals surface area contributed by atoms with Gasteiger partial charge in [0.05, 0.1) is 64.5 Å². The van der Waals surface area contributed by atoms with Gasteiger partial charge in [-0.1, -0.05) is 23.2 Å². The Balaban J connectivity index is 0.799. The van der Waals surface area contributed by atoms with Gasteiger partial charge in [0.15, 0.2) is 11.5 Å². The number of nitriles is 1. The maximum Gasteiger partial charge on any atom is 0.262 e. The third kappa shape index (κ3) is 8.74. The number of carbonyl (C=O) groups is 4. The predicted octanol–water partition coefficient (Wildman–Crippen LogP) is 7.07. The number of carbonyl (C=O) groups excluding carboxylic acids is 4. The number of amides is 4. The summed E-state index contributed by atoms with van der Waals surface area (Å²) in [5, 5.41) is 16.7. The average molecular weight is 887 g/mol. The van der Waals surface area contributed by atoms with Crippen LogP contribution >= 0.6 is 23.2 Å². The third-order valence-corrected chi connectivity index (χ3v) is 13.1. The summed E-state index contributed by atoms with van der Waals surface area (Å²) in [5.74, 6) is -1.02. The number of nitrogens with one attached hydrogen (secondary N) is 2. The molecule has 0 aliphatic carbocycles. The lowest BCUT2D eigenvalue weighted by molar-refractivity contribution is -0.136. The van der Waals surface area contributed by atoms with Gasteiger partial charge in [-0.3, -0.25) is 34.4 Å². The van der Waals surface area contributed by atoms with E-state index in [1.54, 1.807) is 25.3 Å². The second-order valence-corrected chi connectivity index (χ2v) is 17.0. The molecule has 324 valence electrons. The van der Waals surface area contributed by atoms with Gasteiger partial charge in [0.2, 0.25) is 11.8 Å². The van der Waals surface area contributed by atoms with Gasteiger partial charge in [-0.2, -0.15) is 5.26 Å². The zero-order valence-corrected chi connectivity index (χ0v) is 35.9. The number of hydrogen-bond donors (Lipinski definition) is 2. The van der Waals surface area contributed by atoms with Crippen LogP contribution in [-0.2, 0) is 9.59 Å². The molecule has 0 radical (unpaired) electrons. The maximum absolute atomic E-state index is 15.5. The van der Waals surface area contributed by atoms with E-state index >= 15 is 4.39 Å². The summed E-state index contributed by atoms with van der Waals surface area (Å²) in [4.78, 5) is 60.9. The van der Waals surface area contributed by atoms with Gasteiger partial charge in [0.1, 0.15) is 23.7 Å². The first kappa shape index (κ1) is 43.1. The number of imide groups is 2. The number of hydrogen-bond acceptors (Lipinski definition) is 12. The number of ether oxygens (including phenoxy) is 3. The van der Waals surface area contributed by atoms with E-state index < -0.39 is 35.5 Å². The highest BCUT2D eigenvalue weighted by Crippen LogP contribution is 2.41. The van der Waals surface area contributed by atoms with Crippen LogP contribution in [0.4, 0.5) is 15.8 Å². The highest BCUT2D eigenvalue weighted by Gasteiger charge is 2.45. The first-order valence-corrected chi connectivity index (χ1v) is 21.5. The van der Waals surface area contributed by atoms with Crippen LogP contribution in [0.1, 0.15) is 82.7 Å². The predicted molar refractivity (Wildman–Crippen MR) is 230 cm³/mol. The monoisotopic (exact) mass is 885 g/mol. The lowest BCUT2D eigenvalue weighted by Crippen LogP contribution is -2.54. The van der Waals surface area contributed by atoms with Crippen molar-refractivity contribution in [3.05, 3.63) is 80.7 Å². The molecule has 4 aliphatic heterocycles. The Morgan fingerprint density at radius 3 is 2.27 bits per heavy atom. The molecule has 62 heavy (non-hydrogen) atoms. The molecule has 5 heterocycles. The van der Waals surface area contributed by atoms with Crippen LogP contribution in [0.3, 0.4) is 0 Å². The number of aromatic nitrogens is 1. The van der Waals surface area contributed by atoms with Gasteiger partial charge in [0.25, 0.3) is 11.8 Å². The first-order valence-electron chi connectivity index (χ1n) is 20.8. The normalized spacial score (nSPS) is 19.1. The number of nitrogens with zero attached hydrogens (tertiary/aromatic N) is 5. The molecule has 1 aromatic heterocycles. The van der Waals surface area contributed by atoms with E-state index in [0.717, 1.165) is 82.3 Å². The topological polar surface area (TPSA) is 166 Å². The smallest absolute Gasteiger partial charge is 0.262 e. The van der Waals surface area contributed by atoms with Crippen molar-refractivity contribution in [1.29, 1.82) is 5.26 Å². The van der Waals surface area contributed by atoms with Crippen molar-refractivity contribution < 1.29 is 37.8 Å². The van der Waals surface area contributed by atoms with Crippen molar-refractivity contribution in [1.82, 2.24) is 25.0 Å². The van der Waals surface area contributed by atoms with Gasteiger partial charge in [-0.05, 0) is 106 Å².